The molecule has 2 atom stereocenters. The van der Waals surface area contributed by atoms with Crippen molar-refractivity contribution in [2.45, 2.75) is 52.2 Å². The molecule has 1 N–H and O–H groups in total. The number of amides is 1. The van der Waals surface area contributed by atoms with Crippen LogP contribution in [0.1, 0.15) is 36.8 Å². The first-order valence-electron chi connectivity index (χ1n) is 7.04. The zero-order valence-electron chi connectivity index (χ0n) is 12.3. The van der Waals surface area contributed by atoms with E-state index in [9.17, 15) is 4.79 Å². The summed E-state index contributed by atoms with van der Waals surface area (Å²) in [6.07, 6.45) is 2.94. The molecule has 1 aromatic rings. The average Bonchev–Trinajstić information content (AvgIpc) is 2.75. The quantitative estimate of drug-likeness (QED) is 0.908. The number of aryl methyl sites for hydroxylation is 2. The average molecular weight is 298 g/mol. The molecule has 0 spiro atoms. The van der Waals surface area contributed by atoms with E-state index in [1.807, 2.05) is 13.8 Å². The van der Waals surface area contributed by atoms with Gasteiger partial charge in [0.2, 0.25) is 0 Å². The van der Waals surface area contributed by atoms with Crippen LogP contribution in [0.4, 0.5) is 5.13 Å². The molecule has 0 aliphatic carbocycles. The van der Waals surface area contributed by atoms with E-state index in [2.05, 4.69) is 10.3 Å². The molecule has 1 aliphatic rings. The van der Waals surface area contributed by atoms with Crippen LogP contribution in [-0.4, -0.2) is 36.3 Å². The maximum absolute atomic E-state index is 12.0. The van der Waals surface area contributed by atoms with Gasteiger partial charge >= 0.3 is 0 Å². The molecule has 0 bridgehead atoms. The summed E-state index contributed by atoms with van der Waals surface area (Å²) in [5.74, 6) is -0.158. The van der Waals surface area contributed by atoms with E-state index >= 15 is 0 Å². The topological polar surface area (TPSA) is 60.5 Å². The molecule has 20 heavy (non-hydrogen) atoms. The zero-order chi connectivity index (χ0) is 14.5. The summed E-state index contributed by atoms with van der Waals surface area (Å²) in [5.41, 5.74) is 0.953. The summed E-state index contributed by atoms with van der Waals surface area (Å²) in [6, 6.07) is 0. The predicted octanol–water partition coefficient (Wildman–Crippen LogP) is 2.67. The van der Waals surface area contributed by atoms with Crippen molar-refractivity contribution in [1.29, 1.82) is 0 Å². The van der Waals surface area contributed by atoms with Crippen LogP contribution in [0.25, 0.3) is 0 Å². The first-order valence-corrected chi connectivity index (χ1v) is 7.86. The third-order valence-electron chi connectivity index (χ3n) is 3.43. The highest BCUT2D eigenvalue weighted by atomic mass is 32.1. The minimum Gasteiger partial charge on any atom is -0.376 e. The third-order valence-corrected chi connectivity index (χ3v) is 4.42. The van der Waals surface area contributed by atoms with Crippen LogP contribution in [0, 0.1) is 13.8 Å². The van der Waals surface area contributed by atoms with Crippen molar-refractivity contribution < 1.29 is 14.3 Å². The molecule has 6 heteroatoms. The second-order valence-corrected chi connectivity index (χ2v) is 6.32. The molecule has 0 aromatic carbocycles. The lowest BCUT2D eigenvalue weighted by Crippen LogP contribution is -2.32. The fourth-order valence-electron chi connectivity index (χ4n) is 2.00. The first kappa shape index (κ1) is 15.4. The maximum Gasteiger partial charge on any atom is 0.254 e. The summed E-state index contributed by atoms with van der Waals surface area (Å²) >= 11 is 1.48. The number of nitrogens with one attached hydrogen (secondary N) is 1. The zero-order valence-corrected chi connectivity index (χ0v) is 13.1. The Morgan fingerprint density at radius 3 is 2.95 bits per heavy atom. The van der Waals surface area contributed by atoms with Gasteiger partial charge in [0, 0.05) is 11.5 Å². The van der Waals surface area contributed by atoms with Gasteiger partial charge in [0.05, 0.1) is 18.4 Å². The van der Waals surface area contributed by atoms with E-state index in [-0.39, 0.29) is 12.0 Å². The smallest absolute Gasteiger partial charge is 0.254 e. The van der Waals surface area contributed by atoms with Gasteiger partial charge in [-0.05, 0) is 40.0 Å². The normalized spacial score (nSPS) is 20.6. The second-order valence-electron chi connectivity index (χ2n) is 5.11. The molecule has 1 amide bonds. The van der Waals surface area contributed by atoms with Gasteiger partial charge in [-0.25, -0.2) is 4.98 Å². The van der Waals surface area contributed by atoms with Crippen molar-refractivity contribution in [1.82, 2.24) is 4.98 Å². The molecule has 112 valence electrons. The summed E-state index contributed by atoms with van der Waals surface area (Å²) in [5, 5.41) is 3.43. The Labute approximate surface area is 123 Å². The van der Waals surface area contributed by atoms with Crippen molar-refractivity contribution in [3.8, 4) is 0 Å². The number of carbonyl (C=O) groups is 1. The van der Waals surface area contributed by atoms with Crippen LogP contribution in [0.15, 0.2) is 0 Å². The molecule has 2 rings (SSSR count). The molecule has 1 aliphatic heterocycles. The highest BCUT2D eigenvalue weighted by Gasteiger charge is 2.19. The Morgan fingerprint density at radius 2 is 2.35 bits per heavy atom. The third kappa shape index (κ3) is 4.26. The van der Waals surface area contributed by atoms with Crippen LogP contribution < -0.4 is 5.32 Å². The molecule has 2 heterocycles. The van der Waals surface area contributed by atoms with E-state index in [0.29, 0.717) is 11.7 Å². The van der Waals surface area contributed by atoms with Gasteiger partial charge in [0.1, 0.15) is 6.10 Å². The minimum atomic E-state index is -0.495. The summed E-state index contributed by atoms with van der Waals surface area (Å²) in [7, 11) is 0. The first-order chi connectivity index (χ1) is 9.56. The molecular weight excluding hydrogens is 276 g/mol. The second kappa shape index (κ2) is 7.15. The molecule has 0 saturated carbocycles. The van der Waals surface area contributed by atoms with E-state index in [1.165, 1.54) is 17.8 Å². The van der Waals surface area contributed by atoms with Gasteiger partial charge in [0.25, 0.3) is 5.91 Å². The highest BCUT2D eigenvalue weighted by Crippen LogP contribution is 2.21. The van der Waals surface area contributed by atoms with E-state index in [4.69, 9.17) is 9.47 Å². The number of ether oxygens (including phenoxy) is 2. The lowest BCUT2D eigenvalue weighted by molar-refractivity contribution is -0.130. The Bertz CT molecular complexity index is 436. The fourth-order valence-corrected chi connectivity index (χ4v) is 2.82. The lowest BCUT2D eigenvalue weighted by atomic mass is 10.1. The largest absolute Gasteiger partial charge is 0.376 e. The molecule has 1 fully saturated rings. The molecular formula is C14H22N2O3S. The van der Waals surface area contributed by atoms with Gasteiger partial charge < -0.3 is 9.47 Å². The minimum absolute atomic E-state index is 0.128. The van der Waals surface area contributed by atoms with E-state index in [0.717, 1.165) is 30.0 Å². The fraction of sp³-hybridized carbons (Fsp3) is 0.714. The molecule has 5 nitrogen and oxygen atoms in total. The van der Waals surface area contributed by atoms with Crippen molar-refractivity contribution in [2.24, 2.45) is 0 Å². The predicted molar refractivity (Wildman–Crippen MR) is 79.2 cm³/mol. The Kier molecular flexibility index (Phi) is 5.51. The number of hydrogen-bond donors (Lipinski definition) is 1. The van der Waals surface area contributed by atoms with Crippen molar-refractivity contribution >= 4 is 22.4 Å². The molecule has 0 radical (unpaired) electrons. The molecule has 1 aromatic heterocycles. The van der Waals surface area contributed by atoms with E-state index < -0.39 is 6.10 Å². The van der Waals surface area contributed by atoms with E-state index in [1.54, 1.807) is 6.92 Å². The number of hydrogen-bond acceptors (Lipinski definition) is 5. The van der Waals surface area contributed by atoms with Gasteiger partial charge in [0.15, 0.2) is 5.13 Å². The van der Waals surface area contributed by atoms with Crippen LogP contribution in [-0.2, 0) is 14.3 Å². The molecule has 0 unspecified atom stereocenters. The monoisotopic (exact) mass is 298 g/mol. The van der Waals surface area contributed by atoms with Crippen molar-refractivity contribution in [3.63, 3.8) is 0 Å². The van der Waals surface area contributed by atoms with Gasteiger partial charge in [-0.3, -0.25) is 10.1 Å². The number of aromatic nitrogens is 1. The van der Waals surface area contributed by atoms with Gasteiger partial charge in [-0.1, -0.05) is 0 Å². The number of anilines is 1. The van der Waals surface area contributed by atoms with Crippen LogP contribution >= 0.6 is 11.3 Å². The number of rotatable bonds is 5. The Hall–Kier alpha value is -0.980. The van der Waals surface area contributed by atoms with Crippen molar-refractivity contribution in [3.05, 3.63) is 10.6 Å². The highest BCUT2D eigenvalue weighted by molar-refractivity contribution is 7.15. The number of thiazole rings is 1. The lowest BCUT2D eigenvalue weighted by Gasteiger charge is -2.23. The van der Waals surface area contributed by atoms with Crippen LogP contribution in [0.5, 0.6) is 0 Å². The van der Waals surface area contributed by atoms with Crippen molar-refractivity contribution in [2.75, 3.05) is 18.5 Å². The summed E-state index contributed by atoms with van der Waals surface area (Å²) in [6.45, 7) is 6.95. The Balaban J connectivity index is 1.76. The van der Waals surface area contributed by atoms with Gasteiger partial charge in [-0.15, -0.1) is 11.3 Å². The number of nitrogens with zero attached hydrogens (tertiary/aromatic N) is 1. The standard InChI is InChI=1S/C14H22N2O3S/c1-9-11(3)20-14(15-9)16-13(17)10(2)19-8-12-6-4-5-7-18-12/h10,12H,4-8H2,1-3H3,(H,15,16,17)/t10-,12-/m1/s1. The summed E-state index contributed by atoms with van der Waals surface area (Å²) in [4.78, 5) is 17.4. The maximum atomic E-state index is 12.0. The van der Waals surface area contributed by atoms with Crippen LogP contribution in [0.3, 0.4) is 0 Å². The molecule has 1 saturated heterocycles. The number of carbonyl (C=O) groups excluding carboxylic acids is 1. The van der Waals surface area contributed by atoms with Gasteiger partial charge in [-0.2, -0.15) is 0 Å². The Morgan fingerprint density at radius 1 is 1.55 bits per heavy atom. The summed E-state index contributed by atoms with van der Waals surface area (Å²) < 4.78 is 11.2. The van der Waals surface area contributed by atoms with Crippen LogP contribution in [0.2, 0.25) is 0 Å². The SMILES string of the molecule is Cc1nc(NC(=O)[C@@H](C)OC[C@H]2CCCCO2)sc1C.